The van der Waals surface area contributed by atoms with Crippen LogP contribution in [0.15, 0.2) is 52.9 Å². The minimum atomic E-state index is -0.996. The molecule has 0 saturated heterocycles. The van der Waals surface area contributed by atoms with Crippen LogP contribution in [0.25, 0.3) is 22.6 Å². The summed E-state index contributed by atoms with van der Waals surface area (Å²) in [7, 11) is 3.19. The predicted molar refractivity (Wildman–Crippen MR) is 91.8 cm³/mol. The lowest BCUT2D eigenvalue weighted by atomic mass is 10.1. The number of hydrogen-bond donors (Lipinski definition) is 1. The molecule has 6 heteroatoms. The van der Waals surface area contributed by atoms with Crippen molar-refractivity contribution < 1.29 is 23.8 Å². The second-order valence-corrected chi connectivity index (χ2v) is 5.31. The van der Waals surface area contributed by atoms with Gasteiger partial charge in [-0.05, 0) is 48.5 Å². The molecule has 0 aliphatic rings. The molecule has 0 fully saturated rings. The summed E-state index contributed by atoms with van der Waals surface area (Å²) in [6.45, 7) is 0. The molecule has 0 aliphatic heterocycles. The number of rotatable bonds is 6. The number of nitrogens with zero attached hydrogens (tertiary/aromatic N) is 1. The second kappa shape index (κ2) is 7.09. The Labute approximate surface area is 144 Å². The van der Waals surface area contributed by atoms with Crippen molar-refractivity contribution in [2.45, 2.75) is 6.42 Å². The SMILES string of the molecule is COc1ccc(-c2nc(CC(=O)O)oc2-c2ccc(OC)cc2)cc1. The first-order valence-corrected chi connectivity index (χ1v) is 7.61. The fourth-order valence-corrected chi connectivity index (χ4v) is 2.45. The van der Waals surface area contributed by atoms with Crippen LogP contribution in [0.2, 0.25) is 0 Å². The van der Waals surface area contributed by atoms with E-state index in [1.165, 1.54) is 0 Å². The third-order valence-corrected chi connectivity index (χ3v) is 3.69. The summed E-state index contributed by atoms with van der Waals surface area (Å²) in [6, 6.07) is 14.7. The molecule has 0 saturated carbocycles. The molecule has 0 amide bonds. The van der Waals surface area contributed by atoms with Gasteiger partial charge in [0.2, 0.25) is 5.89 Å². The van der Waals surface area contributed by atoms with Gasteiger partial charge in [0, 0.05) is 11.1 Å². The van der Waals surface area contributed by atoms with Crippen LogP contribution in [0.3, 0.4) is 0 Å². The van der Waals surface area contributed by atoms with E-state index in [0.29, 0.717) is 11.5 Å². The summed E-state index contributed by atoms with van der Waals surface area (Å²) in [5.41, 5.74) is 2.19. The molecule has 1 heterocycles. The molecule has 2 aromatic carbocycles. The summed E-state index contributed by atoms with van der Waals surface area (Å²) >= 11 is 0. The van der Waals surface area contributed by atoms with E-state index in [0.717, 1.165) is 22.6 Å². The predicted octanol–water partition coefficient (Wildman–Crippen LogP) is 3.65. The van der Waals surface area contributed by atoms with E-state index < -0.39 is 5.97 Å². The molecule has 25 heavy (non-hydrogen) atoms. The third-order valence-electron chi connectivity index (χ3n) is 3.69. The van der Waals surface area contributed by atoms with Crippen molar-refractivity contribution in [2.24, 2.45) is 0 Å². The molecular formula is C19H17NO5. The number of hydrogen-bond acceptors (Lipinski definition) is 5. The fraction of sp³-hybridized carbons (Fsp3) is 0.158. The molecule has 0 unspecified atom stereocenters. The highest BCUT2D eigenvalue weighted by molar-refractivity contribution is 5.78. The highest BCUT2D eigenvalue weighted by Gasteiger charge is 2.18. The van der Waals surface area contributed by atoms with Gasteiger partial charge in [-0.25, -0.2) is 4.98 Å². The van der Waals surface area contributed by atoms with E-state index in [1.54, 1.807) is 14.2 Å². The molecule has 0 bridgehead atoms. The maximum absolute atomic E-state index is 11.0. The minimum absolute atomic E-state index is 0.157. The molecule has 0 spiro atoms. The second-order valence-electron chi connectivity index (χ2n) is 5.31. The number of carboxylic acid groups (broad SMARTS) is 1. The van der Waals surface area contributed by atoms with Crippen LogP contribution >= 0.6 is 0 Å². The van der Waals surface area contributed by atoms with Gasteiger partial charge >= 0.3 is 5.97 Å². The standard InChI is InChI=1S/C19H17NO5/c1-23-14-7-3-12(4-8-14)18-19(25-16(20-18)11-17(21)22)13-5-9-15(24-2)10-6-13/h3-10H,11H2,1-2H3,(H,21,22). The molecule has 0 radical (unpaired) electrons. The van der Waals surface area contributed by atoms with Gasteiger partial charge in [-0.1, -0.05) is 0 Å². The lowest BCUT2D eigenvalue weighted by Gasteiger charge is -2.04. The van der Waals surface area contributed by atoms with Crippen LogP contribution in [0.5, 0.6) is 11.5 Å². The zero-order valence-corrected chi connectivity index (χ0v) is 13.9. The number of aliphatic carboxylic acids is 1. The Balaban J connectivity index is 2.07. The van der Waals surface area contributed by atoms with E-state index >= 15 is 0 Å². The van der Waals surface area contributed by atoms with Crippen LogP contribution in [0.1, 0.15) is 5.89 Å². The zero-order chi connectivity index (χ0) is 17.8. The first kappa shape index (κ1) is 16.6. The van der Waals surface area contributed by atoms with Crippen LogP contribution in [-0.4, -0.2) is 30.3 Å². The number of carboxylic acids is 1. The van der Waals surface area contributed by atoms with Crippen molar-refractivity contribution in [3.63, 3.8) is 0 Å². The molecule has 1 aromatic heterocycles. The monoisotopic (exact) mass is 339 g/mol. The van der Waals surface area contributed by atoms with Crippen LogP contribution < -0.4 is 9.47 Å². The molecule has 0 atom stereocenters. The van der Waals surface area contributed by atoms with Crippen LogP contribution in [0, 0.1) is 0 Å². The van der Waals surface area contributed by atoms with Crippen molar-refractivity contribution in [3.05, 3.63) is 54.4 Å². The van der Waals surface area contributed by atoms with Gasteiger partial charge in [-0.15, -0.1) is 0 Å². The topological polar surface area (TPSA) is 81.8 Å². The average Bonchev–Trinajstić information content (AvgIpc) is 3.05. The van der Waals surface area contributed by atoms with Gasteiger partial charge < -0.3 is 19.0 Å². The summed E-state index contributed by atoms with van der Waals surface area (Å²) in [4.78, 5) is 15.4. The molecule has 6 nitrogen and oxygen atoms in total. The Morgan fingerprint density at radius 2 is 1.48 bits per heavy atom. The molecule has 0 aliphatic carbocycles. The Kier molecular flexibility index (Phi) is 4.70. The highest BCUT2D eigenvalue weighted by atomic mass is 16.5. The summed E-state index contributed by atoms with van der Waals surface area (Å²) in [5, 5.41) is 9.01. The molecule has 1 N–H and O–H groups in total. The van der Waals surface area contributed by atoms with Crippen molar-refractivity contribution in [3.8, 4) is 34.1 Å². The number of carbonyl (C=O) groups is 1. The maximum Gasteiger partial charge on any atom is 0.312 e. The lowest BCUT2D eigenvalue weighted by Crippen LogP contribution is -1.99. The van der Waals surface area contributed by atoms with Crippen molar-refractivity contribution in [1.82, 2.24) is 4.98 Å². The highest BCUT2D eigenvalue weighted by Crippen LogP contribution is 2.34. The fourth-order valence-electron chi connectivity index (χ4n) is 2.45. The summed E-state index contributed by atoms with van der Waals surface area (Å²) in [5.74, 6) is 1.13. The smallest absolute Gasteiger partial charge is 0.312 e. The molecule has 3 aromatic rings. The number of ether oxygens (including phenoxy) is 2. The van der Waals surface area contributed by atoms with E-state index in [4.69, 9.17) is 19.0 Å². The van der Waals surface area contributed by atoms with Crippen LogP contribution in [-0.2, 0) is 11.2 Å². The lowest BCUT2D eigenvalue weighted by molar-refractivity contribution is -0.136. The molecule has 128 valence electrons. The Hall–Kier alpha value is -3.28. The summed E-state index contributed by atoms with van der Waals surface area (Å²) in [6.07, 6.45) is -0.278. The van der Waals surface area contributed by atoms with Gasteiger partial charge in [0.15, 0.2) is 5.76 Å². The normalized spacial score (nSPS) is 10.5. The number of oxazole rings is 1. The van der Waals surface area contributed by atoms with E-state index in [-0.39, 0.29) is 12.3 Å². The van der Waals surface area contributed by atoms with E-state index in [1.807, 2.05) is 48.5 Å². The molecule has 3 rings (SSSR count). The first-order chi connectivity index (χ1) is 12.1. The maximum atomic E-state index is 11.0. The quantitative estimate of drug-likeness (QED) is 0.738. The van der Waals surface area contributed by atoms with Crippen LogP contribution in [0.4, 0.5) is 0 Å². The largest absolute Gasteiger partial charge is 0.497 e. The average molecular weight is 339 g/mol. The van der Waals surface area contributed by atoms with Crippen molar-refractivity contribution in [2.75, 3.05) is 14.2 Å². The molecular weight excluding hydrogens is 322 g/mol. The Morgan fingerprint density at radius 3 is 1.96 bits per heavy atom. The minimum Gasteiger partial charge on any atom is -0.497 e. The third kappa shape index (κ3) is 3.63. The van der Waals surface area contributed by atoms with Gasteiger partial charge in [0.25, 0.3) is 0 Å². The number of aromatic nitrogens is 1. The zero-order valence-electron chi connectivity index (χ0n) is 13.9. The Bertz CT molecular complexity index is 801. The van der Waals surface area contributed by atoms with Gasteiger partial charge in [0.05, 0.1) is 14.2 Å². The Morgan fingerprint density at radius 1 is 0.960 bits per heavy atom. The van der Waals surface area contributed by atoms with Gasteiger partial charge in [-0.2, -0.15) is 0 Å². The number of benzene rings is 2. The van der Waals surface area contributed by atoms with Gasteiger partial charge in [-0.3, -0.25) is 4.79 Å². The van der Waals surface area contributed by atoms with E-state index in [2.05, 4.69) is 4.98 Å². The van der Waals surface area contributed by atoms with Gasteiger partial charge in [0.1, 0.15) is 23.6 Å². The first-order valence-electron chi connectivity index (χ1n) is 7.61. The van der Waals surface area contributed by atoms with Crippen molar-refractivity contribution >= 4 is 5.97 Å². The van der Waals surface area contributed by atoms with Crippen molar-refractivity contribution in [1.29, 1.82) is 0 Å². The number of methoxy groups -OCH3 is 2. The summed E-state index contributed by atoms with van der Waals surface area (Å²) < 4.78 is 16.1. The van der Waals surface area contributed by atoms with E-state index in [9.17, 15) is 4.79 Å².